The summed E-state index contributed by atoms with van der Waals surface area (Å²) in [6.45, 7) is 4.46. The molecule has 3 aromatic rings. The molecule has 1 aromatic heterocycles. The highest BCUT2D eigenvalue weighted by Gasteiger charge is 2.43. The molecule has 1 aliphatic carbocycles. The van der Waals surface area contributed by atoms with Gasteiger partial charge >= 0.3 is 0 Å². The zero-order valence-corrected chi connectivity index (χ0v) is 19.0. The quantitative estimate of drug-likeness (QED) is 0.289. The van der Waals surface area contributed by atoms with Crippen molar-refractivity contribution in [3.63, 3.8) is 0 Å². The van der Waals surface area contributed by atoms with Crippen molar-refractivity contribution in [2.24, 2.45) is 4.99 Å². The summed E-state index contributed by atoms with van der Waals surface area (Å²) in [6.07, 6.45) is 8.04. The molecular formula is C23H28IN5. The normalized spacial score (nSPS) is 14.7. The van der Waals surface area contributed by atoms with Crippen LogP contribution in [0.1, 0.15) is 30.9 Å². The van der Waals surface area contributed by atoms with Gasteiger partial charge in [-0.2, -0.15) is 0 Å². The van der Waals surface area contributed by atoms with Crippen LogP contribution in [0, 0.1) is 0 Å². The first-order valence-corrected chi connectivity index (χ1v) is 9.95. The third-order valence-corrected chi connectivity index (χ3v) is 5.36. The molecule has 4 rings (SSSR count). The zero-order valence-electron chi connectivity index (χ0n) is 16.7. The van der Waals surface area contributed by atoms with Crippen LogP contribution in [0.2, 0.25) is 0 Å². The lowest BCUT2D eigenvalue weighted by atomic mass is 9.96. The topological polar surface area (TPSA) is 54.2 Å². The number of aromatic nitrogens is 2. The summed E-state index contributed by atoms with van der Waals surface area (Å²) in [7, 11) is 0. The number of hydrogen-bond acceptors (Lipinski definition) is 2. The van der Waals surface area contributed by atoms with Crippen LogP contribution in [-0.4, -0.2) is 28.6 Å². The molecule has 0 atom stereocenters. The molecule has 0 spiro atoms. The molecule has 0 aliphatic heterocycles. The number of imidazole rings is 1. The summed E-state index contributed by atoms with van der Waals surface area (Å²) in [5.41, 5.74) is 3.96. The van der Waals surface area contributed by atoms with Gasteiger partial charge in [0.15, 0.2) is 5.96 Å². The first kappa shape index (κ1) is 21.4. The van der Waals surface area contributed by atoms with Crippen molar-refractivity contribution < 1.29 is 0 Å². The SMILES string of the molecule is CCNC(=NCc1ccccc1-n1ccnc1)NCC1(c2ccccc2)CC1.I. The largest absolute Gasteiger partial charge is 0.357 e. The minimum Gasteiger partial charge on any atom is -0.357 e. The third kappa shape index (κ3) is 5.18. The van der Waals surface area contributed by atoms with Crippen molar-refractivity contribution in [1.29, 1.82) is 0 Å². The molecule has 1 heterocycles. The molecule has 29 heavy (non-hydrogen) atoms. The first-order valence-electron chi connectivity index (χ1n) is 9.95. The monoisotopic (exact) mass is 501 g/mol. The maximum atomic E-state index is 4.84. The second kappa shape index (κ2) is 9.91. The van der Waals surface area contributed by atoms with E-state index in [-0.39, 0.29) is 29.4 Å². The molecule has 1 aliphatic rings. The molecule has 0 bridgehead atoms. The molecular weight excluding hydrogens is 473 g/mol. The molecule has 0 amide bonds. The lowest BCUT2D eigenvalue weighted by Crippen LogP contribution is -2.41. The Balaban J connectivity index is 0.00000240. The van der Waals surface area contributed by atoms with Crippen molar-refractivity contribution in [2.45, 2.75) is 31.7 Å². The zero-order chi connectivity index (χ0) is 19.2. The van der Waals surface area contributed by atoms with E-state index in [1.54, 1.807) is 6.20 Å². The molecule has 0 radical (unpaired) electrons. The Morgan fingerprint density at radius 3 is 2.52 bits per heavy atom. The molecule has 2 N–H and O–H groups in total. The van der Waals surface area contributed by atoms with Gasteiger partial charge in [-0.3, -0.25) is 0 Å². The van der Waals surface area contributed by atoms with Gasteiger partial charge in [0.05, 0.1) is 18.6 Å². The van der Waals surface area contributed by atoms with E-state index in [1.807, 2.05) is 23.2 Å². The molecule has 152 valence electrons. The summed E-state index contributed by atoms with van der Waals surface area (Å²) < 4.78 is 2.03. The number of rotatable bonds is 7. The van der Waals surface area contributed by atoms with Crippen LogP contribution >= 0.6 is 24.0 Å². The summed E-state index contributed by atoms with van der Waals surface area (Å²) in [4.78, 5) is 9.00. The molecule has 1 fully saturated rings. The Morgan fingerprint density at radius 2 is 1.83 bits per heavy atom. The average molecular weight is 501 g/mol. The van der Waals surface area contributed by atoms with Crippen LogP contribution in [0.15, 0.2) is 78.3 Å². The summed E-state index contributed by atoms with van der Waals surface area (Å²) in [5.74, 6) is 0.866. The minimum atomic E-state index is 0. The van der Waals surface area contributed by atoms with Gasteiger partial charge < -0.3 is 15.2 Å². The second-order valence-corrected chi connectivity index (χ2v) is 7.29. The fourth-order valence-corrected chi connectivity index (χ4v) is 3.57. The van der Waals surface area contributed by atoms with Crippen molar-refractivity contribution in [3.8, 4) is 5.69 Å². The van der Waals surface area contributed by atoms with Gasteiger partial charge in [0.2, 0.25) is 0 Å². The molecule has 0 unspecified atom stereocenters. The first-order chi connectivity index (χ1) is 13.8. The van der Waals surface area contributed by atoms with Crippen LogP contribution in [0.3, 0.4) is 0 Å². The van der Waals surface area contributed by atoms with E-state index in [1.165, 1.54) is 24.0 Å². The number of benzene rings is 2. The van der Waals surface area contributed by atoms with E-state index in [0.717, 1.165) is 24.7 Å². The second-order valence-electron chi connectivity index (χ2n) is 7.29. The van der Waals surface area contributed by atoms with E-state index < -0.39 is 0 Å². The fraction of sp³-hybridized carbons (Fsp3) is 0.304. The van der Waals surface area contributed by atoms with E-state index in [2.05, 4.69) is 71.1 Å². The van der Waals surface area contributed by atoms with Crippen LogP contribution in [-0.2, 0) is 12.0 Å². The molecule has 5 nitrogen and oxygen atoms in total. The van der Waals surface area contributed by atoms with E-state index in [4.69, 9.17) is 4.99 Å². The van der Waals surface area contributed by atoms with E-state index in [9.17, 15) is 0 Å². The van der Waals surface area contributed by atoms with Crippen LogP contribution in [0.5, 0.6) is 0 Å². The van der Waals surface area contributed by atoms with Gasteiger partial charge in [0.25, 0.3) is 0 Å². The fourth-order valence-electron chi connectivity index (χ4n) is 3.57. The summed E-state index contributed by atoms with van der Waals surface area (Å²) >= 11 is 0. The predicted octanol–water partition coefficient (Wildman–Crippen LogP) is 4.28. The third-order valence-electron chi connectivity index (χ3n) is 5.36. The van der Waals surface area contributed by atoms with E-state index in [0.29, 0.717) is 6.54 Å². The lowest BCUT2D eigenvalue weighted by Gasteiger charge is -2.19. The van der Waals surface area contributed by atoms with Crippen LogP contribution in [0.4, 0.5) is 0 Å². The van der Waals surface area contributed by atoms with Crippen LogP contribution < -0.4 is 10.6 Å². The maximum absolute atomic E-state index is 4.84. The number of guanidine groups is 1. The molecule has 2 aromatic carbocycles. The summed E-state index contributed by atoms with van der Waals surface area (Å²) in [5, 5.41) is 6.94. The summed E-state index contributed by atoms with van der Waals surface area (Å²) in [6, 6.07) is 19.1. The lowest BCUT2D eigenvalue weighted by molar-refractivity contribution is 0.646. The van der Waals surface area contributed by atoms with Gasteiger partial charge in [-0.25, -0.2) is 9.98 Å². The highest BCUT2D eigenvalue weighted by molar-refractivity contribution is 14.0. The Bertz CT molecular complexity index is 917. The van der Waals surface area contributed by atoms with E-state index >= 15 is 0 Å². The number of halogens is 1. The highest BCUT2D eigenvalue weighted by atomic mass is 127. The molecule has 0 saturated heterocycles. The van der Waals surface area contributed by atoms with Crippen molar-refractivity contribution in [2.75, 3.05) is 13.1 Å². The molecule has 1 saturated carbocycles. The van der Waals surface area contributed by atoms with Gasteiger partial charge in [-0.15, -0.1) is 24.0 Å². The number of aliphatic imine (C=N–C) groups is 1. The van der Waals surface area contributed by atoms with Gasteiger partial charge in [-0.1, -0.05) is 48.5 Å². The number of hydrogen-bond donors (Lipinski definition) is 2. The maximum Gasteiger partial charge on any atom is 0.191 e. The highest BCUT2D eigenvalue weighted by Crippen LogP contribution is 2.47. The number of para-hydroxylation sites is 1. The minimum absolute atomic E-state index is 0. The number of nitrogens with one attached hydrogen (secondary N) is 2. The van der Waals surface area contributed by atoms with Gasteiger partial charge in [0.1, 0.15) is 0 Å². The average Bonchev–Trinajstić information content (AvgIpc) is 3.34. The standard InChI is InChI=1S/C23H27N5.HI/c1-2-25-22(27-17-23(12-13-23)20-9-4-3-5-10-20)26-16-19-8-6-7-11-21(19)28-15-14-24-18-28;/h3-11,14-15,18H,2,12-13,16-17H2,1H3,(H2,25,26,27);1H. The Hall–Kier alpha value is -2.35. The van der Waals surface area contributed by atoms with Gasteiger partial charge in [0, 0.05) is 30.9 Å². The smallest absolute Gasteiger partial charge is 0.191 e. The van der Waals surface area contributed by atoms with Crippen molar-refractivity contribution in [1.82, 2.24) is 20.2 Å². The number of nitrogens with zero attached hydrogens (tertiary/aromatic N) is 3. The van der Waals surface area contributed by atoms with Crippen molar-refractivity contribution >= 4 is 29.9 Å². The Labute approximate surface area is 189 Å². The molecule has 6 heteroatoms. The van der Waals surface area contributed by atoms with Crippen molar-refractivity contribution in [3.05, 3.63) is 84.4 Å². The predicted molar refractivity (Wildman–Crippen MR) is 129 cm³/mol. The van der Waals surface area contributed by atoms with Crippen LogP contribution in [0.25, 0.3) is 5.69 Å². The Morgan fingerprint density at radius 1 is 1.07 bits per heavy atom. The van der Waals surface area contributed by atoms with Gasteiger partial charge in [-0.05, 0) is 37.0 Å². The Kier molecular flexibility index (Phi) is 7.30.